The summed E-state index contributed by atoms with van der Waals surface area (Å²) in [4.78, 5) is 22.7. The highest BCUT2D eigenvalue weighted by molar-refractivity contribution is 9.10. The molecule has 1 amide bonds. The molecule has 6 heteroatoms. The highest BCUT2D eigenvalue weighted by Crippen LogP contribution is 2.27. The van der Waals surface area contributed by atoms with Gasteiger partial charge in [0.1, 0.15) is 5.60 Å². The van der Waals surface area contributed by atoms with Crippen LogP contribution in [0.5, 0.6) is 0 Å². The van der Waals surface area contributed by atoms with Crippen molar-refractivity contribution in [3.8, 4) is 0 Å². The molecule has 0 spiro atoms. The van der Waals surface area contributed by atoms with Gasteiger partial charge in [0, 0.05) is 4.47 Å². The molecule has 19 heavy (non-hydrogen) atoms. The third kappa shape index (κ3) is 4.55. The van der Waals surface area contributed by atoms with E-state index in [0.717, 1.165) is 0 Å². The number of carbonyl (C=O) groups is 2. The summed E-state index contributed by atoms with van der Waals surface area (Å²) in [7, 11) is 0. The van der Waals surface area contributed by atoms with Crippen LogP contribution >= 0.6 is 15.9 Å². The quantitative estimate of drug-likeness (QED) is 0.865. The van der Waals surface area contributed by atoms with Crippen molar-refractivity contribution in [1.82, 2.24) is 0 Å². The molecule has 0 fully saturated rings. The van der Waals surface area contributed by atoms with Crippen molar-refractivity contribution in [2.24, 2.45) is 0 Å². The number of halogens is 1. The number of hydrogen-bond donors (Lipinski definition) is 2. The zero-order chi connectivity index (χ0) is 14.8. The summed E-state index contributed by atoms with van der Waals surface area (Å²) >= 11 is 3.28. The van der Waals surface area contributed by atoms with E-state index in [1.54, 1.807) is 33.8 Å². The summed E-state index contributed by atoms with van der Waals surface area (Å²) in [6.45, 7) is 6.93. The lowest BCUT2D eigenvalue weighted by Gasteiger charge is -2.20. The summed E-state index contributed by atoms with van der Waals surface area (Å²) in [5, 5.41) is 11.6. The van der Waals surface area contributed by atoms with Crippen LogP contribution in [0.4, 0.5) is 10.5 Å². The van der Waals surface area contributed by atoms with Gasteiger partial charge in [0.2, 0.25) is 0 Å². The molecule has 0 heterocycles. The second kappa shape index (κ2) is 5.61. The molecule has 5 nitrogen and oxygen atoms in total. The van der Waals surface area contributed by atoms with Crippen molar-refractivity contribution in [3.63, 3.8) is 0 Å². The van der Waals surface area contributed by atoms with Crippen molar-refractivity contribution in [2.45, 2.75) is 33.3 Å². The second-order valence-electron chi connectivity index (χ2n) is 5.08. The predicted molar refractivity (Wildman–Crippen MR) is 75.7 cm³/mol. The van der Waals surface area contributed by atoms with Gasteiger partial charge in [-0.1, -0.05) is 0 Å². The van der Waals surface area contributed by atoms with Crippen LogP contribution in [0.3, 0.4) is 0 Å². The van der Waals surface area contributed by atoms with E-state index in [-0.39, 0.29) is 5.56 Å². The maximum atomic E-state index is 11.6. The lowest BCUT2D eigenvalue weighted by molar-refractivity contribution is 0.0632. The molecule has 0 aliphatic rings. The summed E-state index contributed by atoms with van der Waals surface area (Å²) in [6, 6.07) is 3.03. The van der Waals surface area contributed by atoms with E-state index in [4.69, 9.17) is 9.84 Å². The maximum Gasteiger partial charge on any atom is 0.412 e. The van der Waals surface area contributed by atoms with E-state index < -0.39 is 17.7 Å². The first-order valence-corrected chi connectivity index (χ1v) is 6.43. The Morgan fingerprint density at radius 2 is 1.89 bits per heavy atom. The molecule has 0 saturated carbocycles. The minimum Gasteiger partial charge on any atom is -0.478 e. The number of nitrogens with one attached hydrogen (secondary N) is 1. The Morgan fingerprint density at radius 1 is 1.32 bits per heavy atom. The molecule has 0 radical (unpaired) electrons. The van der Waals surface area contributed by atoms with Crippen molar-refractivity contribution < 1.29 is 19.4 Å². The molecule has 0 bridgehead atoms. The fraction of sp³-hybridized carbons (Fsp3) is 0.385. The Kier molecular flexibility index (Phi) is 4.57. The summed E-state index contributed by atoms with van der Waals surface area (Å²) in [5.74, 6) is -1.04. The Bertz CT molecular complexity index is 520. The molecule has 1 aromatic carbocycles. The van der Waals surface area contributed by atoms with Crippen LogP contribution in [0.1, 0.15) is 36.7 Å². The Morgan fingerprint density at radius 3 is 2.37 bits per heavy atom. The monoisotopic (exact) mass is 329 g/mol. The Balaban J connectivity index is 2.99. The van der Waals surface area contributed by atoms with E-state index in [1.807, 2.05) is 0 Å². The van der Waals surface area contributed by atoms with Gasteiger partial charge in [-0.2, -0.15) is 0 Å². The largest absolute Gasteiger partial charge is 0.478 e. The summed E-state index contributed by atoms with van der Waals surface area (Å²) in [5.41, 5.74) is 0.484. The number of carbonyl (C=O) groups excluding carboxylic acids is 1. The van der Waals surface area contributed by atoms with Gasteiger partial charge in [-0.15, -0.1) is 0 Å². The molecule has 1 aromatic rings. The van der Waals surface area contributed by atoms with Gasteiger partial charge in [0.15, 0.2) is 0 Å². The van der Waals surface area contributed by atoms with Gasteiger partial charge >= 0.3 is 12.1 Å². The molecule has 2 N–H and O–H groups in total. The average molecular weight is 330 g/mol. The number of carboxylic acid groups (broad SMARTS) is 1. The average Bonchev–Trinajstić information content (AvgIpc) is 2.18. The lowest BCUT2D eigenvalue weighted by atomic mass is 10.1. The van der Waals surface area contributed by atoms with E-state index in [1.165, 1.54) is 6.07 Å². The molecule has 0 aliphatic carbocycles. The number of benzene rings is 1. The van der Waals surface area contributed by atoms with Crippen LogP contribution in [0.2, 0.25) is 0 Å². The lowest BCUT2D eigenvalue weighted by Crippen LogP contribution is -2.27. The van der Waals surface area contributed by atoms with Crippen LogP contribution < -0.4 is 5.32 Å². The van der Waals surface area contributed by atoms with Crippen molar-refractivity contribution >= 4 is 33.7 Å². The normalized spacial score (nSPS) is 11.0. The fourth-order valence-electron chi connectivity index (χ4n) is 1.41. The van der Waals surface area contributed by atoms with Crippen LogP contribution in [0.25, 0.3) is 0 Å². The fourth-order valence-corrected chi connectivity index (χ4v) is 1.97. The van der Waals surface area contributed by atoms with Crippen LogP contribution in [0, 0.1) is 6.92 Å². The van der Waals surface area contributed by atoms with Crippen LogP contribution in [-0.2, 0) is 4.74 Å². The topological polar surface area (TPSA) is 75.6 Å². The first-order valence-electron chi connectivity index (χ1n) is 5.63. The smallest absolute Gasteiger partial charge is 0.412 e. The SMILES string of the molecule is Cc1cc(Br)c(NC(=O)OC(C)(C)C)cc1C(=O)O. The van der Waals surface area contributed by atoms with E-state index in [2.05, 4.69) is 21.2 Å². The Labute approximate surface area is 120 Å². The van der Waals surface area contributed by atoms with E-state index >= 15 is 0 Å². The Hall–Kier alpha value is -1.56. The minimum atomic E-state index is -1.04. The van der Waals surface area contributed by atoms with E-state index in [9.17, 15) is 9.59 Å². The molecule has 1 rings (SSSR count). The van der Waals surface area contributed by atoms with Crippen molar-refractivity contribution in [3.05, 3.63) is 27.7 Å². The summed E-state index contributed by atoms with van der Waals surface area (Å²) in [6.07, 6.45) is -0.631. The van der Waals surface area contributed by atoms with E-state index in [0.29, 0.717) is 15.7 Å². The van der Waals surface area contributed by atoms with Crippen molar-refractivity contribution in [2.75, 3.05) is 5.32 Å². The highest BCUT2D eigenvalue weighted by Gasteiger charge is 2.18. The number of anilines is 1. The van der Waals surface area contributed by atoms with Crippen molar-refractivity contribution in [1.29, 1.82) is 0 Å². The third-order valence-corrected chi connectivity index (χ3v) is 2.84. The number of aromatic carboxylic acids is 1. The standard InChI is InChI=1S/C13H16BrNO4/c1-7-5-9(14)10(6-8(7)11(16)17)15-12(18)19-13(2,3)4/h5-6H,1-4H3,(H,15,18)(H,16,17). The number of carboxylic acids is 1. The molecular formula is C13H16BrNO4. The first-order chi connectivity index (χ1) is 8.60. The minimum absolute atomic E-state index is 0.134. The molecular weight excluding hydrogens is 314 g/mol. The van der Waals surface area contributed by atoms with Crippen LogP contribution in [0.15, 0.2) is 16.6 Å². The third-order valence-electron chi connectivity index (χ3n) is 2.18. The van der Waals surface area contributed by atoms with Gasteiger partial charge in [0.25, 0.3) is 0 Å². The zero-order valence-electron chi connectivity index (χ0n) is 11.2. The summed E-state index contributed by atoms with van der Waals surface area (Å²) < 4.78 is 5.71. The molecule has 0 aromatic heterocycles. The highest BCUT2D eigenvalue weighted by atomic mass is 79.9. The first kappa shape index (κ1) is 15.5. The number of ether oxygens (including phenoxy) is 1. The maximum absolute atomic E-state index is 11.6. The molecule has 104 valence electrons. The van der Waals surface area contributed by atoms with Gasteiger partial charge in [-0.25, -0.2) is 9.59 Å². The molecule has 0 unspecified atom stereocenters. The van der Waals surface area contributed by atoms with Gasteiger partial charge in [0.05, 0.1) is 11.3 Å². The number of aryl methyl sites for hydroxylation is 1. The zero-order valence-corrected chi connectivity index (χ0v) is 12.8. The van der Waals surface area contributed by atoms with Gasteiger partial charge in [-0.05, 0) is 61.3 Å². The number of rotatable bonds is 2. The number of hydrogen-bond acceptors (Lipinski definition) is 3. The van der Waals surface area contributed by atoms with Gasteiger partial charge < -0.3 is 9.84 Å². The molecule has 0 atom stereocenters. The van der Waals surface area contributed by atoms with Gasteiger partial charge in [-0.3, -0.25) is 5.32 Å². The number of amides is 1. The second-order valence-corrected chi connectivity index (χ2v) is 5.93. The molecule has 0 saturated heterocycles. The van der Waals surface area contributed by atoms with Crippen LogP contribution in [-0.4, -0.2) is 22.8 Å². The molecule has 0 aliphatic heterocycles. The predicted octanol–water partition coefficient (Wildman–Crippen LogP) is 3.80.